The molecule has 71 valence electrons. The van der Waals surface area contributed by atoms with Crippen molar-refractivity contribution < 1.29 is 9.68 Å². The standard InChI is InChI=1S/C8H7BBrN2O2/c1-12-7-4-11-3-6(10)5(7)2-8(12)14-9-13/h2-4,13H,1H3. The minimum atomic E-state index is 0.566. The van der Waals surface area contributed by atoms with E-state index in [2.05, 4.69) is 20.9 Å². The van der Waals surface area contributed by atoms with Gasteiger partial charge in [-0.2, -0.15) is 0 Å². The van der Waals surface area contributed by atoms with Gasteiger partial charge in [-0.15, -0.1) is 0 Å². The molecule has 14 heavy (non-hydrogen) atoms. The molecule has 0 saturated heterocycles. The summed E-state index contributed by atoms with van der Waals surface area (Å²) in [6, 6.07) is 1.83. The van der Waals surface area contributed by atoms with Crippen LogP contribution >= 0.6 is 15.9 Å². The van der Waals surface area contributed by atoms with E-state index in [-0.39, 0.29) is 0 Å². The highest BCUT2D eigenvalue weighted by Gasteiger charge is 2.09. The summed E-state index contributed by atoms with van der Waals surface area (Å²) in [6.07, 6.45) is 3.46. The number of hydrogen-bond acceptors (Lipinski definition) is 3. The summed E-state index contributed by atoms with van der Waals surface area (Å²) >= 11 is 3.39. The van der Waals surface area contributed by atoms with Crippen LogP contribution in [0.4, 0.5) is 0 Å². The summed E-state index contributed by atoms with van der Waals surface area (Å²) in [6.45, 7) is 0. The van der Waals surface area contributed by atoms with Crippen molar-refractivity contribution in [3.63, 3.8) is 0 Å². The van der Waals surface area contributed by atoms with Crippen LogP contribution in [0, 0.1) is 0 Å². The molecule has 0 aliphatic rings. The van der Waals surface area contributed by atoms with Crippen LogP contribution in [-0.4, -0.2) is 22.3 Å². The minimum absolute atomic E-state index is 0.566. The summed E-state index contributed by atoms with van der Waals surface area (Å²) in [7, 11) is 2.50. The Morgan fingerprint density at radius 3 is 3.00 bits per heavy atom. The highest BCUT2D eigenvalue weighted by molar-refractivity contribution is 9.10. The lowest BCUT2D eigenvalue weighted by atomic mass is 10.3. The summed E-state index contributed by atoms with van der Waals surface area (Å²) in [5.74, 6) is 0.566. The third-order valence-electron chi connectivity index (χ3n) is 2.05. The van der Waals surface area contributed by atoms with Gasteiger partial charge in [0, 0.05) is 29.2 Å². The molecule has 0 aliphatic carbocycles. The van der Waals surface area contributed by atoms with Gasteiger partial charge in [-0.25, -0.2) is 0 Å². The van der Waals surface area contributed by atoms with Gasteiger partial charge in [0.15, 0.2) is 5.88 Å². The zero-order chi connectivity index (χ0) is 10.1. The first-order valence-electron chi connectivity index (χ1n) is 3.95. The summed E-state index contributed by atoms with van der Waals surface area (Å²) < 4.78 is 7.63. The van der Waals surface area contributed by atoms with Crippen LogP contribution in [0.25, 0.3) is 10.9 Å². The fraction of sp³-hybridized carbons (Fsp3) is 0.125. The van der Waals surface area contributed by atoms with Crippen LogP contribution in [0.5, 0.6) is 5.88 Å². The van der Waals surface area contributed by atoms with Crippen molar-refractivity contribution in [2.75, 3.05) is 0 Å². The Kier molecular flexibility index (Phi) is 2.47. The molecule has 0 aliphatic heterocycles. The molecule has 1 N–H and O–H groups in total. The summed E-state index contributed by atoms with van der Waals surface area (Å²) in [5.41, 5.74) is 0.941. The second-order valence-corrected chi connectivity index (χ2v) is 3.67. The minimum Gasteiger partial charge on any atom is -0.525 e. The van der Waals surface area contributed by atoms with E-state index in [4.69, 9.17) is 9.68 Å². The van der Waals surface area contributed by atoms with E-state index in [0.717, 1.165) is 15.4 Å². The molecular formula is C8H7BBrN2O2. The topological polar surface area (TPSA) is 47.3 Å². The number of hydrogen-bond donors (Lipinski definition) is 1. The number of aromatic nitrogens is 2. The highest BCUT2D eigenvalue weighted by Crippen LogP contribution is 2.28. The Morgan fingerprint density at radius 1 is 1.57 bits per heavy atom. The van der Waals surface area contributed by atoms with E-state index in [0.29, 0.717) is 13.6 Å². The molecule has 0 aromatic carbocycles. The van der Waals surface area contributed by atoms with Crippen LogP contribution in [0.15, 0.2) is 22.9 Å². The first-order chi connectivity index (χ1) is 6.74. The van der Waals surface area contributed by atoms with Gasteiger partial charge < -0.3 is 14.2 Å². The lowest BCUT2D eigenvalue weighted by Gasteiger charge is -2.02. The fourth-order valence-corrected chi connectivity index (χ4v) is 1.79. The van der Waals surface area contributed by atoms with Gasteiger partial charge in [0.2, 0.25) is 0 Å². The molecule has 1 radical (unpaired) electrons. The smallest absolute Gasteiger partial charge is 0.525 e. The number of nitrogens with zero attached hydrogens (tertiary/aromatic N) is 2. The second kappa shape index (κ2) is 3.63. The van der Waals surface area contributed by atoms with Gasteiger partial charge in [-0.05, 0) is 15.9 Å². The van der Waals surface area contributed by atoms with Gasteiger partial charge in [0.25, 0.3) is 0 Å². The van der Waals surface area contributed by atoms with Crippen LogP contribution in [0.3, 0.4) is 0 Å². The first-order valence-corrected chi connectivity index (χ1v) is 4.75. The Hall–Kier alpha value is -1.01. The first kappa shape index (κ1) is 9.55. The van der Waals surface area contributed by atoms with Gasteiger partial charge >= 0.3 is 7.69 Å². The maximum Gasteiger partial charge on any atom is 0.570 e. The molecule has 0 unspecified atom stereocenters. The molecule has 6 heteroatoms. The molecule has 0 spiro atoms. The normalized spacial score (nSPS) is 10.5. The number of fused-ring (bicyclic) bond motifs is 1. The second-order valence-electron chi connectivity index (χ2n) is 2.82. The fourth-order valence-electron chi connectivity index (χ4n) is 1.35. The average Bonchev–Trinajstić information content (AvgIpc) is 2.48. The zero-order valence-corrected chi connectivity index (χ0v) is 9.02. The van der Waals surface area contributed by atoms with E-state index in [1.165, 1.54) is 0 Å². The van der Waals surface area contributed by atoms with Crippen molar-refractivity contribution in [3.05, 3.63) is 22.9 Å². The molecule has 0 atom stereocenters. The van der Waals surface area contributed by atoms with Crippen molar-refractivity contribution in [2.45, 2.75) is 0 Å². The summed E-state index contributed by atoms with van der Waals surface area (Å²) in [4.78, 5) is 4.05. The Labute approximate surface area is 89.9 Å². The monoisotopic (exact) mass is 253 g/mol. The molecule has 2 aromatic rings. The molecule has 0 fully saturated rings. The van der Waals surface area contributed by atoms with Crippen molar-refractivity contribution in [1.29, 1.82) is 0 Å². The molecule has 2 heterocycles. The third-order valence-corrected chi connectivity index (χ3v) is 2.68. The Morgan fingerprint density at radius 2 is 2.36 bits per heavy atom. The summed E-state index contributed by atoms with van der Waals surface area (Å²) in [5, 5.41) is 9.55. The highest BCUT2D eigenvalue weighted by atomic mass is 79.9. The van der Waals surface area contributed by atoms with E-state index in [1.54, 1.807) is 17.0 Å². The van der Waals surface area contributed by atoms with Gasteiger partial charge in [0.1, 0.15) is 0 Å². The van der Waals surface area contributed by atoms with Crippen LogP contribution < -0.4 is 4.65 Å². The average molecular weight is 254 g/mol. The molecule has 2 aromatic heterocycles. The van der Waals surface area contributed by atoms with E-state index < -0.39 is 0 Å². The largest absolute Gasteiger partial charge is 0.570 e. The van der Waals surface area contributed by atoms with E-state index in [9.17, 15) is 0 Å². The lowest BCUT2D eigenvalue weighted by Crippen LogP contribution is -2.03. The lowest BCUT2D eigenvalue weighted by molar-refractivity contribution is 0.433. The Balaban J connectivity index is 2.67. The van der Waals surface area contributed by atoms with Crippen LogP contribution in [0.1, 0.15) is 0 Å². The molecule has 2 rings (SSSR count). The number of rotatable bonds is 2. The SMILES string of the molecule is Cn1c(O[B]O)cc2c(Br)cncc21. The predicted octanol–water partition coefficient (Wildman–Crippen LogP) is 1.24. The molecule has 0 amide bonds. The van der Waals surface area contributed by atoms with E-state index in [1.807, 2.05) is 13.1 Å². The van der Waals surface area contributed by atoms with Crippen LogP contribution in [0.2, 0.25) is 0 Å². The number of halogens is 1. The number of aryl methyl sites for hydroxylation is 1. The van der Waals surface area contributed by atoms with Crippen molar-refractivity contribution in [2.24, 2.45) is 7.05 Å². The van der Waals surface area contributed by atoms with Gasteiger partial charge in [-0.3, -0.25) is 4.98 Å². The zero-order valence-electron chi connectivity index (χ0n) is 7.44. The van der Waals surface area contributed by atoms with Crippen molar-refractivity contribution in [3.8, 4) is 5.88 Å². The molecular weight excluding hydrogens is 247 g/mol. The number of pyridine rings is 1. The third kappa shape index (κ3) is 1.40. The van der Waals surface area contributed by atoms with E-state index >= 15 is 0 Å². The van der Waals surface area contributed by atoms with Crippen molar-refractivity contribution >= 4 is 34.5 Å². The quantitative estimate of drug-likeness (QED) is 0.820. The predicted molar refractivity (Wildman–Crippen MR) is 57.0 cm³/mol. The maximum atomic E-state index is 8.55. The van der Waals surface area contributed by atoms with Gasteiger partial charge in [-0.1, -0.05) is 0 Å². The maximum absolute atomic E-state index is 8.55. The molecule has 4 nitrogen and oxygen atoms in total. The van der Waals surface area contributed by atoms with Crippen LogP contribution in [-0.2, 0) is 7.05 Å². The van der Waals surface area contributed by atoms with Gasteiger partial charge in [0.05, 0.1) is 11.7 Å². The molecule has 0 saturated carbocycles. The van der Waals surface area contributed by atoms with Crippen molar-refractivity contribution in [1.82, 2.24) is 9.55 Å². The Bertz CT molecular complexity index is 472. The molecule has 0 bridgehead atoms.